The van der Waals surface area contributed by atoms with Crippen molar-refractivity contribution in [3.05, 3.63) is 53.6 Å². The predicted molar refractivity (Wildman–Crippen MR) is 115 cm³/mol. The number of aryl methyl sites for hydroxylation is 1. The second-order valence-corrected chi connectivity index (χ2v) is 7.57. The summed E-state index contributed by atoms with van der Waals surface area (Å²) in [5.74, 6) is 2.65. The number of nitrogen functional groups attached to an aromatic ring is 1. The fourth-order valence-corrected chi connectivity index (χ4v) is 4.17. The Labute approximate surface area is 169 Å². The summed E-state index contributed by atoms with van der Waals surface area (Å²) < 4.78 is 0. The number of nitrogens with two attached hydrogens (primary N) is 1. The van der Waals surface area contributed by atoms with E-state index in [0.29, 0.717) is 11.7 Å². The second kappa shape index (κ2) is 6.89. The van der Waals surface area contributed by atoms with Crippen LogP contribution in [0.5, 0.6) is 0 Å². The maximum Gasteiger partial charge on any atom is 0.133 e. The number of aromatic nitrogens is 3. The minimum atomic E-state index is 0.458. The van der Waals surface area contributed by atoms with Crippen LogP contribution >= 0.6 is 0 Å². The fraction of sp³-hybridized carbons (Fsp3) is 0.286. The monoisotopic (exact) mass is 388 g/mol. The zero-order chi connectivity index (χ0) is 20.0. The third kappa shape index (κ3) is 3.11. The molecule has 5 rings (SSSR count). The lowest BCUT2D eigenvalue weighted by molar-refractivity contribution is 0.343. The van der Waals surface area contributed by atoms with Crippen LogP contribution in [-0.4, -0.2) is 27.0 Å². The Morgan fingerprint density at radius 2 is 2.03 bits per heavy atom. The number of fused-ring (bicyclic) bond motifs is 2. The van der Waals surface area contributed by atoms with Crippen molar-refractivity contribution in [2.24, 2.45) is 0 Å². The van der Waals surface area contributed by atoms with Gasteiger partial charge in [0.1, 0.15) is 17.5 Å². The number of pyridine rings is 3. The van der Waals surface area contributed by atoms with Crippen LogP contribution in [0.3, 0.4) is 0 Å². The summed E-state index contributed by atoms with van der Waals surface area (Å²) in [4.78, 5) is 13.6. The molecule has 1 atom stereocenters. The molecule has 0 radical (unpaired) electrons. The van der Waals surface area contributed by atoms with Gasteiger partial charge in [0, 0.05) is 31.0 Å². The summed E-state index contributed by atoms with van der Waals surface area (Å²) in [6.45, 7) is 2.25. The lowest BCUT2D eigenvalue weighted by Gasteiger charge is -2.15. The Morgan fingerprint density at radius 1 is 1.21 bits per heavy atom. The van der Waals surface area contributed by atoms with Crippen molar-refractivity contribution in [2.75, 3.05) is 18.1 Å². The largest absolute Gasteiger partial charge is 0.383 e. The average Bonchev–Trinajstić information content (AvgIpc) is 3.33. The first kappa shape index (κ1) is 17.7. The molecular formula is C21H24N8. The van der Waals surface area contributed by atoms with E-state index in [-0.39, 0.29) is 0 Å². The molecular weight excluding hydrogens is 364 g/mol. The van der Waals surface area contributed by atoms with Crippen molar-refractivity contribution in [3.63, 3.8) is 0 Å². The van der Waals surface area contributed by atoms with Crippen LogP contribution in [-0.2, 0) is 6.42 Å². The summed E-state index contributed by atoms with van der Waals surface area (Å²) in [7, 11) is 1.91. The SMILES string of the molecule is CCC1CCc2cnc(Nc3cc4cc(C5=CNNN5C)nc(N)c4cn3)cc21. The molecule has 4 heterocycles. The van der Waals surface area contributed by atoms with E-state index in [0.717, 1.165) is 46.6 Å². The lowest BCUT2D eigenvalue weighted by atomic mass is 10.00. The normalized spacial score (nSPS) is 17.9. The highest BCUT2D eigenvalue weighted by Gasteiger charge is 2.22. The first-order valence-electron chi connectivity index (χ1n) is 9.90. The van der Waals surface area contributed by atoms with Crippen molar-refractivity contribution in [1.29, 1.82) is 0 Å². The van der Waals surface area contributed by atoms with Gasteiger partial charge in [-0.3, -0.25) is 5.01 Å². The van der Waals surface area contributed by atoms with E-state index < -0.39 is 0 Å². The molecule has 148 valence electrons. The van der Waals surface area contributed by atoms with E-state index in [1.165, 1.54) is 17.5 Å². The van der Waals surface area contributed by atoms with Crippen molar-refractivity contribution in [2.45, 2.75) is 32.1 Å². The minimum Gasteiger partial charge on any atom is -0.383 e. The van der Waals surface area contributed by atoms with Gasteiger partial charge in [-0.2, -0.15) is 0 Å². The van der Waals surface area contributed by atoms with E-state index in [9.17, 15) is 0 Å². The quantitative estimate of drug-likeness (QED) is 0.541. The van der Waals surface area contributed by atoms with Gasteiger partial charge in [0.05, 0.1) is 11.4 Å². The molecule has 0 fully saturated rings. The number of anilines is 3. The molecule has 0 bridgehead atoms. The number of nitrogens with zero attached hydrogens (tertiary/aromatic N) is 4. The maximum absolute atomic E-state index is 6.19. The molecule has 0 saturated heterocycles. The molecule has 3 aromatic rings. The van der Waals surface area contributed by atoms with Gasteiger partial charge in [-0.05, 0) is 59.9 Å². The van der Waals surface area contributed by atoms with Crippen LogP contribution in [0.2, 0.25) is 0 Å². The van der Waals surface area contributed by atoms with Crippen molar-refractivity contribution in [1.82, 2.24) is 30.9 Å². The van der Waals surface area contributed by atoms with Crippen LogP contribution in [0.4, 0.5) is 17.5 Å². The zero-order valence-corrected chi connectivity index (χ0v) is 16.5. The fourth-order valence-electron chi connectivity index (χ4n) is 4.17. The minimum absolute atomic E-state index is 0.458. The lowest BCUT2D eigenvalue weighted by Crippen LogP contribution is -2.33. The first-order chi connectivity index (χ1) is 14.1. The van der Waals surface area contributed by atoms with Gasteiger partial charge in [0.15, 0.2) is 0 Å². The Hall–Kier alpha value is -3.39. The smallest absolute Gasteiger partial charge is 0.133 e. The third-order valence-electron chi connectivity index (χ3n) is 5.78. The third-order valence-corrected chi connectivity index (χ3v) is 5.78. The van der Waals surface area contributed by atoms with Crippen LogP contribution in [0.25, 0.3) is 16.5 Å². The molecule has 1 aliphatic heterocycles. The molecule has 8 heteroatoms. The van der Waals surface area contributed by atoms with Crippen molar-refractivity contribution < 1.29 is 0 Å². The molecule has 2 aliphatic rings. The molecule has 0 aromatic carbocycles. The summed E-state index contributed by atoms with van der Waals surface area (Å²) >= 11 is 0. The predicted octanol–water partition coefficient (Wildman–Crippen LogP) is 3.04. The zero-order valence-electron chi connectivity index (χ0n) is 16.5. The van der Waals surface area contributed by atoms with Crippen LogP contribution in [0, 0.1) is 0 Å². The molecule has 1 aliphatic carbocycles. The van der Waals surface area contributed by atoms with Gasteiger partial charge in [-0.25, -0.2) is 15.0 Å². The Kier molecular flexibility index (Phi) is 4.21. The Balaban J connectivity index is 1.48. The van der Waals surface area contributed by atoms with Gasteiger partial charge in [0.25, 0.3) is 0 Å². The number of hydrogen-bond acceptors (Lipinski definition) is 8. The highest BCUT2D eigenvalue weighted by Crippen LogP contribution is 2.36. The number of hydrogen-bond donors (Lipinski definition) is 4. The number of hydrazine groups is 2. The highest BCUT2D eigenvalue weighted by atomic mass is 15.7. The van der Waals surface area contributed by atoms with Gasteiger partial charge >= 0.3 is 0 Å². The first-order valence-corrected chi connectivity index (χ1v) is 9.90. The average molecular weight is 388 g/mol. The molecule has 5 N–H and O–H groups in total. The Morgan fingerprint density at radius 3 is 2.83 bits per heavy atom. The molecule has 0 amide bonds. The van der Waals surface area contributed by atoms with Gasteiger partial charge in [-0.1, -0.05) is 6.92 Å². The van der Waals surface area contributed by atoms with E-state index >= 15 is 0 Å². The maximum atomic E-state index is 6.19. The molecule has 1 unspecified atom stereocenters. The van der Waals surface area contributed by atoms with Crippen LogP contribution in [0.1, 0.15) is 42.5 Å². The molecule has 0 saturated carbocycles. The molecule has 8 nitrogen and oxygen atoms in total. The standard InChI is InChI=1S/C21H24N8/c1-3-12-4-5-13-9-23-20(8-15(12)13)27-19-7-14-6-17(18-11-25-28-29(18)2)26-21(22)16(14)10-24-19/h6-12,25,28H,3-5H2,1-2H3,(H2,22,26)(H,23,24,27). The van der Waals surface area contributed by atoms with E-state index in [2.05, 4.69) is 44.2 Å². The number of rotatable bonds is 4. The summed E-state index contributed by atoms with van der Waals surface area (Å²) in [5.41, 5.74) is 16.6. The molecule has 29 heavy (non-hydrogen) atoms. The second-order valence-electron chi connectivity index (χ2n) is 7.57. The van der Waals surface area contributed by atoms with E-state index in [4.69, 9.17) is 5.73 Å². The topological polar surface area (TPSA) is 104 Å². The molecule has 0 spiro atoms. The highest BCUT2D eigenvalue weighted by molar-refractivity contribution is 5.93. The van der Waals surface area contributed by atoms with Gasteiger partial charge in [0.2, 0.25) is 0 Å². The van der Waals surface area contributed by atoms with E-state index in [1.54, 1.807) is 6.20 Å². The van der Waals surface area contributed by atoms with Crippen LogP contribution < -0.4 is 22.0 Å². The Bertz CT molecular complexity index is 1120. The van der Waals surface area contributed by atoms with Gasteiger partial charge < -0.3 is 16.5 Å². The van der Waals surface area contributed by atoms with Crippen LogP contribution in [0.15, 0.2) is 36.8 Å². The summed E-state index contributed by atoms with van der Waals surface area (Å²) in [5, 5.41) is 7.01. The van der Waals surface area contributed by atoms with Crippen molar-refractivity contribution >= 4 is 33.9 Å². The number of nitrogens with one attached hydrogen (secondary N) is 3. The summed E-state index contributed by atoms with van der Waals surface area (Å²) in [6.07, 6.45) is 9.11. The molecule has 3 aromatic heterocycles. The van der Waals surface area contributed by atoms with Gasteiger partial charge in [-0.15, -0.1) is 5.53 Å². The summed E-state index contributed by atoms with van der Waals surface area (Å²) in [6, 6.07) is 6.17. The van der Waals surface area contributed by atoms with Crippen molar-refractivity contribution in [3.8, 4) is 0 Å². The van der Waals surface area contributed by atoms with E-state index in [1.807, 2.05) is 36.6 Å².